The Kier molecular flexibility index (Phi) is 30.2. The Hall–Kier alpha value is -1.84. The van der Waals surface area contributed by atoms with E-state index in [4.69, 9.17) is 4.74 Å². The second-order valence-corrected chi connectivity index (χ2v) is 11.3. The Morgan fingerprint density at radius 1 is 0.550 bits per heavy atom. The van der Waals surface area contributed by atoms with Gasteiger partial charge in [0.2, 0.25) is 0 Å². The largest absolute Gasteiger partial charge is 0.479 e. The highest BCUT2D eigenvalue weighted by atomic mass is 16.6. The summed E-state index contributed by atoms with van der Waals surface area (Å²) in [6.07, 6.45) is 40.3. The molecule has 0 radical (unpaired) electrons. The van der Waals surface area contributed by atoms with Crippen molar-refractivity contribution >= 4 is 11.9 Å². The number of unbranched alkanes of at least 4 members (excludes halogenated alkanes) is 18. The maximum absolute atomic E-state index is 12.1. The number of aliphatic carboxylic acids is 1. The van der Waals surface area contributed by atoms with Crippen molar-refractivity contribution in [3.8, 4) is 0 Å². The number of esters is 1. The fourth-order valence-corrected chi connectivity index (χ4v) is 4.80. The van der Waals surface area contributed by atoms with Crippen molar-refractivity contribution in [2.75, 3.05) is 0 Å². The van der Waals surface area contributed by atoms with E-state index in [-0.39, 0.29) is 5.97 Å². The summed E-state index contributed by atoms with van der Waals surface area (Å²) < 4.78 is 5.28. The lowest BCUT2D eigenvalue weighted by Crippen LogP contribution is -2.27. The van der Waals surface area contributed by atoms with E-state index < -0.39 is 12.1 Å². The van der Waals surface area contributed by atoms with Gasteiger partial charge >= 0.3 is 11.9 Å². The maximum Gasteiger partial charge on any atom is 0.345 e. The number of hydrogen-bond acceptors (Lipinski definition) is 3. The molecule has 0 saturated carbocycles. The Balaban J connectivity index is 3.62. The standard InChI is InChI=1S/C36H64O4/c1-3-5-7-9-11-13-15-16-17-18-19-20-21-22-23-25-27-29-31-33-35(37)40-34(36(38)39)32-30-28-26-24-14-12-10-8-6-4-2/h11,13,16-17,19-20,34H,3-10,12,14-15,18,21-33H2,1-2H3,(H,38,39)/b13-11-,17-16-,20-19-. The van der Waals surface area contributed by atoms with Gasteiger partial charge in [0.1, 0.15) is 0 Å². The molecule has 0 aromatic carbocycles. The highest BCUT2D eigenvalue weighted by molar-refractivity contribution is 5.77. The van der Waals surface area contributed by atoms with E-state index in [2.05, 4.69) is 50.3 Å². The van der Waals surface area contributed by atoms with E-state index in [1.807, 2.05) is 0 Å². The first-order chi connectivity index (χ1) is 19.6. The average molecular weight is 561 g/mol. The molecule has 0 fully saturated rings. The van der Waals surface area contributed by atoms with Crippen molar-refractivity contribution in [3.05, 3.63) is 36.5 Å². The Morgan fingerprint density at radius 2 is 0.950 bits per heavy atom. The molecule has 0 aromatic rings. The van der Waals surface area contributed by atoms with Crippen molar-refractivity contribution < 1.29 is 19.4 Å². The number of carbonyl (C=O) groups excluding carboxylic acids is 1. The predicted molar refractivity (Wildman–Crippen MR) is 172 cm³/mol. The van der Waals surface area contributed by atoms with Crippen molar-refractivity contribution in [3.63, 3.8) is 0 Å². The molecule has 0 heterocycles. The van der Waals surface area contributed by atoms with Gasteiger partial charge in [0.25, 0.3) is 0 Å². The van der Waals surface area contributed by atoms with Crippen molar-refractivity contribution in [2.24, 2.45) is 0 Å². The van der Waals surface area contributed by atoms with Crippen LogP contribution in [0.4, 0.5) is 0 Å². The summed E-state index contributed by atoms with van der Waals surface area (Å²) in [6, 6.07) is 0. The Labute approximate surface area is 248 Å². The van der Waals surface area contributed by atoms with Crippen LogP contribution in [0.2, 0.25) is 0 Å². The number of carbonyl (C=O) groups is 2. The van der Waals surface area contributed by atoms with Gasteiger partial charge in [-0.3, -0.25) is 4.79 Å². The summed E-state index contributed by atoms with van der Waals surface area (Å²) >= 11 is 0. The molecule has 1 atom stereocenters. The highest BCUT2D eigenvalue weighted by Gasteiger charge is 2.21. The van der Waals surface area contributed by atoms with Gasteiger partial charge in [0.05, 0.1) is 0 Å². The van der Waals surface area contributed by atoms with Gasteiger partial charge < -0.3 is 9.84 Å². The van der Waals surface area contributed by atoms with Crippen LogP contribution in [-0.4, -0.2) is 23.1 Å². The normalized spacial score (nSPS) is 12.7. The lowest BCUT2D eigenvalue weighted by Gasteiger charge is -2.13. The molecule has 1 unspecified atom stereocenters. The summed E-state index contributed by atoms with van der Waals surface area (Å²) in [5.74, 6) is -1.37. The Bertz CT molecular complexity index is 649. The van der Waals surface area contributed by atoms with Crippen LogP contribution in [0.25, 0.3) is 0 Å². The molecule has 0 rings (SSSR count). The fourth-order valence-electron chi connectivity index (χ4n) is 4.80. The van der Waals surface area contributed by atoms with Gasteiger partial charge in [-0.05, 0) is 57.8 Å². The summed E-state index contributed by atoms with van der Waals surface area (Å²) in [5.41, 5.74) is 0. The zero-order valence-corrected chi connectivity index (χ0v) is 26.4. The van der Waals surface area contributed by atoms with Gasteiger partial charge in [-0.1, -0.05) is 147 Å². The molecule has 4 heteroatoms. The van der Waals surface area contributed by atoms with Crippen LogP contribution in [0.1, 0.15) is 174 Å². The molecule has 0 saturated heterocycles. The monoisotopic (exact) mass is 560 g/mol. The molecule has 1 N–H and O–H groups in total. The maximum atomic E-state index is 12.1. The third kappa shape index (κ3) is 29.2. The van der Waals surface area contributed by atoms with E-state index in [1.54, 1.807) is 0 Å². The smallest absolute Gasteiger partial charge is 0.345 e. The second-order valence-electron chi connectivity index (χ2n) is 11.3. The van der Waals surface area contributed by atoms with E-state index in [9.17, 15) is 14.7 Å². The number of ether oxygens (including phenoxy) is 1. The van der Waals surface area contributed by atoms with Crippen LogP contribution in [0.15, 0.2) is 36.5 Å². The SMILES string of the molecule is CCCCC/C=C\C/C=C\C/C=C\CCCCCCCCC(=O)OC(CCCCCCCCCCCC)C(=O)O. The van der Waals surface area contributed by atoms with E-state index in [0.29, 0.717) is 12.8 Å². The first-order valence-electron chi connectivity index (χ1n) is 17.0. The minimum Gasteiger partial charge on any atom is -0.479 e. The Morgan fingerprint density at radius 3 is 1.48 bits per heavy atom. The molecular weight excluding hydrogens is 496 g/mol. The summed E-state index contributed by atoms with van der Waals surface area (Å²) in [5, 5.41) is 9.41. The molecule has 0 aliphatic rings. The molecule has 0 aliphatic carbocycles. The number of allylic oxidation sites excluding steroid dienone is 6. The number of rotatable bonds is 30. The molecule has 4 nitrogen and oxygen atoms in total. The van der Waals surface area contributed by atoms with Crippen LogP contribution >= 0.6 is 0 Å². The molecule has 232 valence electrons. The first kappa shape index (κ1) is 38.2. The molecule has 0 bridgehead atoms. The summed E-state index contributed by atoms with van der Waals surface area (Å²) in [7, 11) is 0. The van der Waals surface area contributed by atoms with Crippen molar-refractivity contribution in [2.45, 2.75) is 180 Å². The molecule has 40 heavy (non-hydrogen) atoms. The van der Waals surface area contributed by atoms with Crippen LogP contribution in [0, 0.1) is 0 Å². The number of hydrogen-bond donors (Lipinski definition) is 1. The van der Waals surface area contributed by atoms with Crippen LogP contribution in [-0.2, 0) is 14.3 Å². The molecule has 0 aromatic heterocycles. The molecule has 0 aliphatic heterocycles. The minimum atomic E-state index is -1.01. The van der Waals surface area contributed by atoms with Gasteiger partial charge in [-0.15, -0.1) is 0 Å². The van der Waals surface area contributed by atoms with E-state index in [1.165, 1.54) is 89.9 Å². The molecule has 0 spiro atoms. The number of carboxylic acid groups (broad SMARTS) is 1. The molecular formula is C36H64O4. The van der Waals surface area contributed by atoms with E-state index >= 15 is 0 Å². The van der Waals surface area contributed by atoms with Crippen LogP contribution in [0.5, 0.6) is 0 Å². The third-order valence-corrected chi connectivity index (χ3v) is 7.39. The zero-order valence-electron chi connectivity index (χ0n) is 26.4. The molecule has 0 amide bonds. The van der Waals surface area contributed by atoms with Crippen LogP contribution < -0.4 is 0 Å². The first-order valence-corrected chi connectivity index (χ1v) is 17.0. The van der Waals surface area contributed by atoms with Crippen molar-refractivity contribution in [1.82, 2.24) is 0 Å². The van der Waals surface area contributed by atoms with Crippen molar-refractivity contribution in [1.29, 1.82) is 0 Å². The van der Waals surface area contributed by atoms with Gasteiger partial charge in [-0.25, -0.2) is 4.79 Å². The van der Waals surface area contributed by atoms with Gasteiger partial charge in [0.15, 0.2) is 6.10 Å². The van der Waals surface area contributed by atoms with E-state index in [0.717, 1.165) is 57.8 Å². The summed E-state index contributed by atoms with van der Waals surface area (Å²) in [6.45, 7) is 4.48. The third-order valence-electron chi connectivity index (χ3n) is 7.39. The number of carboxylic acids is 1. The quantitative estimate of drug-likeness (QED) is 0.0539. The zero-order chi connectivity index (χ0) is 29.4. The lowest BCUT2D eigenvalue weighted by molar-refractivity contribution is -0.164. The van der Waals surface area contributed by atoms with Gasteiger partial charge in [0, 0.05) is 6.42 Å². The van der Waals surface area contributed by atoms with Gasteiger partial charge in [-0.2, -0.15) is 0 Å². The highest BCUT2D eigenvalue weighted by Crippen LogP contribution is 2.15. The second kappa shape index (κ2) is 31.7. The topological polar surface area (TPSA) is 63.6 Å². The predicted octanol–water partition coefficient (Wildman–Crippen LogP) is 11.4. The minimum absolute atomic E-state index is 0.326. The average Bonchev–Trinajstić information content (AvgIpc) is 2.94. The fraction of sp³-hybridized carbons (Fsp3) is 0.778. The van der Waals surface area contributed by atoms with Crippen LogP contribution in [0.3, 0.4) is 0 Å². The lowest BCUT2D eigenvalue weighted by atomic mass is 10.0. The summed E-state index contributed by atoms with van der Waals surface area (Å²) in [4.78, 5) is 23.6.